The molecule has 3 heterocycles. The molecule has 7 nitrogen and oxygen atoms in total. The van der Waals surface area contributed by atoms with Crippen molar-refractivity contribution in [1.82, 2.24) is 29.8 Å². The smallest absolute Gasteiger partial charge is 0.262 e. The molecule has 3 aromatic heterocycles. The summed E-state index contributed by atoms with van der Waals surface area (Å²) in [4.78, 5) is 18.8. The monoisotopic (exact) mass is 304 g/mol. The zero-order valence-electron chi connectivity index (χ0n) is 12.0. The third-order valence-electron chi connectivity index (χ3n) is 3.27. The Hall–Kier alpha value is -2.09. The van der Waals surface area contributed by atoms with Crippen LogP contribution in [-0.4, -0.2) is 29.8 Å². The van der Waals surface area contributed by atoms with Crippen LogP contribution in [0.25, 0.3) is 10.2 Å². The lowest BCUT2D eigenvalue weighted by Gasteiger charge is -2.05. The van der Waals surface area contributed by atoms with Crippen molar-refractivity contribution >= 4 is 21.6 Å². The number of nitrogens with zero attached hydrogens (tertiary/aromatic N) is 6. The van der Waals surface area contributed by atoms with Crippen molar-refractivity contribution in [3.63, 3.8) is 0 Å². The van der Waals surface area contributed by atoms with Crippen LogP contribution in [0.3, 0.4) is 0 Å². The summed E-state index contributed by atoms with van der Waals surface area (Å²) in [7, 11) is 0. The second kappa shape index (κ2) is 5.72. The normalized spacial score (nSPS) is 11.3. The fraction of sp³-hybridized carbons (Fsp3) is 0.462. The van der Waals surface area contributed by atoms with E-state index in [0.29, 0.717) is 17.8 Å². The maximum absolute atomic E-state index is 12.5. The first kappa shape index (κ1) is 13.9. The first-order valence-electron chi connectivity index (χ1n) is 6.95. The number of aromatic nitrogens is 6. The lowest BCUT2D eigenvalue weighted by molar-refractivity contribution is 0.540. The molecule has 0 saturated carbocycles. The SMILES string of the molecule is CCCn1nnnc1Cn1cnc2sc(CC)cc2c1=O. The van der Waals surface area contributed by atoms with Crippen LogP contribution in [0, 0.1) is 0 Å². The average molecular weight is 304 g/mol. The van der Waals surface area contributed by atoms with Gasteiger partial charge in [0, 0.05) is 11.4 Å². The largest absolute Gasteiger partial charge is 0.291 e. The van der Waals surface area contributed by atoms with Gasteiger partial charge >= 0.3 is 0 Å². The van der Waals surface area contributed by atoms with Crippen LogP contribution in [0.5, 0.6) is 0 Å². The molecule has 3 aromatic rings. The van der Waals surface area contributed by atoms with Crippen molar-refractivity contribution in [2.75, 3.05) is 0 Å². The molecule has 21 heavy (non-hydrogen) atoms. The Morgan fingerprint density at radius 1 is 1.33 bits per heavy atom. The third kappa shape index (κ3) is 2.58. The minimum absolute atomic E-state index is 0.0398. The summed E-state index contributed by atoms with van der Waals surface area (Å²) in [6.07, 6.45) is 3.43. The summed E-state index contributed by atoms with van der Waals surface area (Å²) in [5.41, 5.74) is -0.0398. The van der Waals surface area contributed by atoms with Crippen molar-refractivity contribution < 1.29 is 0 Å². The lowest BCUT2D eigenvalue weighted by atomic mass is 10.3. The zero-order valence-corrected chi connectivity index (χ0v) is 12.8. The van der Waals surface area contributed by atoms with Crippen molar-refractivity contribution in [2.45, 2.75) is 39.8 Å². The zero-order chi connectivity index (χ0) is 14.8. The molecule has 0 aliphatic carbocycles. The topological polar surface area (TPSA) is 78.5 Å². The van der Waals surface area contributed by atoms with Gasteiger partial charge in [0.2, 0.25) is 0 Å². The van der Waals surface area contributed by atoms with Gasteiger partial charge in [-0.3, -0.25) is 9.36 Å². The van der Waals surface area contributed by atoms with E-state index in [9.17, 15) is 4.79 Å². The number of tetrazole rings is 1. The molecular weight excluding hydrogens is 288 g/mol. The van der Waals surface area contributed by atoms with Gasteiger partial charge in [0.05, 0.1) is 18.3 Å². The standard InChI is InChI=1S/C13H16N6OS/c1-3-5-19-11(15-16-17-19)7-18-8-14-12-10(13(18)20)6-9(4-2)21-12/h6,8H,3-5,7H2,1-2H3. The Morgan fingerprint density at radius 2 is 2.19 bits per heavy atom. The van der Waals surface area contributed by atoms with Gasteiger partial charge in [-0.05, 0) is 29.3 Å². The average Bonchev–Trinajstić information content (AvgIpc) is 3.09. The van der Waals surface area contributed by atoms with Crippen LogP contribution >= 0.6 is 11.3 Å². The van der Waals surface area contributed by atoms with E-state index in [-0.39, 0.29) is 5.56 Å². The molecule has 0 aliphatic heterocycles. The summed E-state index contributed by atoms with van der Waals surface area (Å²) >= 11 is 1.57. The van der Waals surface area contributed by atoms with Crippen LogP contribution in [0.1, 0.15) is 31.0 Å². The first-order valence-corrected chi connectivity index (χ1v) is 7.77. The van der Waals surface area contributed by atoms with Gasteiger partial charge in [0.15, 0.2) is 5.82 Å². The highest BCUT2D eigenvalue weighted by atomic mass is 32.1. The molecule has 8 heteroatoms. The Labute approximate surface area is 125 Å². The third-order valence-corrected chi connectivity index (χ3v) is 4.46. The molecule has 3 rings (SSSR count). The van der Waals surface area contributed by atoms with Crippen molar-refractivity contribution in [3.05, 3.63) is 33.4 Å². The van der Waals surface area contributed by atoms with E-state index >= 15 is 0 Å². The Balaban J connectivity index is 1.99. The molecule has 0 radical (unpaired) electrons. The minimum atomic E-state index is -0.0398. The Morgan fingerprint density at radius 3 is 2.95 bits per heavy atom. The molecule has 0 spiro atoms. The summed E-state index contributed by atoms with van der Waals surface area (Å²) in [6.45, 7) is 5.21. The van der Waals surface area contributed by atoms with Gasteiger partial charge < -0.3 is 0 Å². The molecule has 0 fully saturated rings. The summed E-state index contributed by atoms with van der Waals surface area (Å²) in [6, 6.07) is 1.93. The molecule has 0 atom stereocenters. The van der Waals surface area contributed by atoms with E-state index in [1.165, 1.54) is 4.88 Å². The summed E-state index contributed by atoms with van der Waals surface area (Å²) in [5, 5.41) is 12.3. The molecule has 0 aliphatic rings. The van der Waals surface area contributed by atoms with Gasteiger partial charge in [-0.15, -0.1) is 16.4 Å². The molecular formula is C13H16N6OS. The second-order valence-corrected chi connectivity index (χ2v) is 5.90. The number of hydrogen-bond donors (Lipinski definition) is 0. The van der Waals surface area contributed by atoms with E-state index in [4.69, 9.17) is 0 Å². The lowest BCUT2D eigenvalue weighted by Crippen LogP contribution is -2.22. The van der Waals surface area contributed by atoms with Crippen molar-refractivity contribution in [3.8, 4) is 0 Å². The molecule has 0 unspecified atom stereocenters. The number of aryl methyl sites for hydroxylation is 2. The van der Waals surface area contributed by atoms with Gasteiger partial charge in [0.25, 0.3) is 5.56 Å². The molecule has 0 saturated heterocycles. The van der Waals surface area contributed by atoms with Crippen molar-refractivity contribution in [1.29, 1.82) is 0 Å². The predicted octanol–water partition coefficient (Wildman–Crippen LogP) is 1.47. The number of rotatable bonds is 5. The number of fused-ring (bicyclic) bond motifs is 1. The number of thiophene rings is 1. The minimum Gasteiger partial charge on any atom is -0.291 e. The van der Waals surface area contributed by atoms with E-state index in [1.807, 2.05) is 6.07 Å². The Bertz CT molecular complexity index is 818. The second-order valence-electron chi connectivity index (χ2n) is 4.78. The van der Waals surface area contributed by atoms with Crippen LogP contribution < -0.4 is 5.56 Å². The van der Waals surface area contributed by atoms with Gasteiger partial charge in [-0.25, -0.2) is 9.67 Å². The van der Waals surface area contributed by atoms with Crippen LogP contribution in [-0.2, 0) is 19.5 Å². The number of hydrogen-bond acceptors (Lipinski definition) is 6. The van der Waals surface area contributed by atoms with E-state index in [0.717, 1.165) is 24.2 Å². The fourth-order valence-electron chi connectivity index (χ4n) is 2.17. The predicted molar refractivity (Wildman–Crippen MR) is 80.5 cm³/mol. The quantitative estimate of drug-likeness (QED) is 0.713. The molecule has 110 valence electrons. The maximum atomic E-state index is 12.5. The Kier molecular flexibility index (Phi) is 3.78. The summed E-state index contributed by atoms with van der Waals surface area (Å²) < 4.78 is 3.29. The molecule has 0 aromatic carbocycles. The van der Waals surface area contributed by atoms with Crippen molar-refractivity contribution in [2.24, 2.45) is 0 Å². The maximum Gasteiger partial charge on any atom is 0.262 e. The van der Waals surface area contributed by atoms with E-state index in [1.54, 1.807) is 26.9 Å². The van der Waals surface area contributed by atoms with E-state index in [2.05, 4.69) is 34.4 Å². The van der Waals surface area contributed by atoms with Gasteiger partial charge in [0.1, 0.15) is 4.83 Å². The summed E-state index contributed by atoms with van der Waals surface area (Å²) in [5.74, 6) is 0.672. The fourth-order valence-corrected chi connectivity index (χ4v) is 3.10. The van der Waals surface area contributed by atoms with Gasteiger partial charge in [-0.2, -0.15) is 0 Å². The molecule has 0 N–H and O–H groups in total. The first-order chi connectivity index (χ1) is 10.2. The van der Waals surface area contributed by atoms with Crippen LogP contribution in [0.4, 0.5) is 0 Å². The molecule has 0 amide bonds. The molecule has 0 bridgehead atoms. The van der Waals surface area contributed by atoms with Gasteiger partial charge in [-0.1, -0.05) is 13.8 Å². The highest BCUT2D eigenvalue weighted by Gasteiger charge is 2.11. The van der Waals surface area contributed by atoms with Crippen LogP contribution in [0.15, 0.2) is 17.2 Å². The highest BCUT2D eigenvalue weighted by Crippen LogP contribution is 2.21. The van der Waals surface area contributed by atoms with E-state index < -0.39 is 0 Å². The highest BCUT2D eigenvalue weighted by molar-refractivity contribution is 7.18. The van der Waals surface area contributed by atoms with Crippen LogP contribution in [0.2, 0.25) is 0 Å².